The van der Waals surface area contributed by atoms with Crippen LogP contribution in [0.5, 0.6) is 0 Å². The predicted octanol–water partition coefficient (Wildman–Crippen LogP) is 2.38. The van der Waals surface area contributed by atoms with Crippen LogP contribution in [0.1, 0.15) is 53.4 Å². The number of ketones is 1. The Morgan fingerprint density at radius 2 is 1.79 bits per heavy atom. The molecule has 6 atom stereocenters. The quantitative estimate of drug-likeness (QED) is 0.644. The summed E-state index contributed by atoms with van der Waals surface area (Å²) in [6.45, 7) is 11.7. The Kier molecular flexibility index (Phi) is 3.74. The Morgan fingerprint density at radius 1 is 1.17 bits per heavy atom. The molecule has 24 heavy (non-hydrogen) atoms. The van der Waals surface area contributed by atoms with Gasteiger partial charge in [0, 0.05) is 29.2 Å². The van der Waals surface area contributed by atoms with Crippen LogP contribution in [-0.2, 0) is 4.79 Å². The average Bonchev–Trinajstić information content (AvgIpc) is 2.51. The molecule has 2 saturated carbocycles. The lowest BCUT2D eigenvalue weighted by Gasteiger charge is -2.65. The minimum Gasteiger partial charge on any atom is -0.392 e. The number of rotatable bonds is 1. The standard InChI is InChI=1S/C20H30O4/c1-6-18(4)7-8-20(24)12(11-18)13(21)9-14-17(2,3)15(22)10-16(23)19(14,20)5/h6,11,14-16,22-24H,1,7-10H2,2-5H3. The van der Waals surface area contributed by atoms with Gasteiger partial charge in [-0.15, -0.1) is 6.58 Å². The number of fused-ring (bicyclic) bond motifs is 3. The zero-order valence-corrected chi connectivity index (χ0v) is 15.2. The van der Waals surface area contributed by atoms with E-state index in [1.54, 1.807) is 0 Å². The Hall–Kier alpha value is -0.970. The summed E-state index contributed by atoms with van der Waals surface area (Å²) < 4.78 is 0. The number of carbonyl (C=O) groups is 1. The Bertz CT molecular complexity index is 621. The lowest BCUT2D eigenvalue weighted by Crippen LogP contribution is -2.70. The highest BCUT2D eigenvalue weighted by atomic mass is 16.3. The van der Waals surface area contributed by atoms with Crippen LogP contribution in [0.2, 0.25) is 0 Å². The normalized spacial score (nSPS) is 50.5. The van der Waals surface area contributed by atoms with Crippen molar-refractivity contribution < 1.29 is 20.1 Å². The summed E-state index contributed by atoms with van der Waals surface area (Å²) in [6.07, 6.45) is 3.73. The lowest BCUT2D eigenvalue weighted by atomic mass is 9.42. The van der Waals surface area contributed by atoms with E-state index in [1.165, 1.54) is 0 Å². The van der Waals surface area contributed by atoms with Crippen LogP contribution in [0.4, 0.5) is 0 Å². The largest absolute Gasteiger partial charge is 0.392 e. The van der Waals surface area contributed by atoms with E-state index in [-0.39, 0.29) is 30.0 Å². The molecule has 4 heteroatoms. The van der Waals surface area contributed by atoms with Crippen LogP contribution in [0.15, 0.2) is 24.3 Å². The van der Waals surface area contributed by atoms with Crippen molar-refractivity contribution in [3.63, 3.8) is 0 Å². The van der Waals surface area contributed by atoms with Crippen LogP contribution >= 0.6 is 0 Å². The molecule has 0 aromatic rings. The van der Waals surface area contributed by atoms with E-state index in [9.17, 15) is 20.1 Å². The van der Waals surface area contributed by atoms with Gasteiger partial charge < -0.3 is 15.3 Å². The van der Waals surface area contributed by atoms with Gasteiger partial charge in [-0.25, -0.2) is 0 Å². The zero-order valence-electron chi connectivity index (χ0n) is 15.2. The molecule has 0 heterocycles. The summed E-state index contributed by atoms with van der Waals surface area (Å²) in [6, 6.07) is 0. The van der Waals surface area contributed by atoms with Crippen LogP contribution < -0.4 is 0 Å². The molecule has 0 saturated heterocycles. The van der Waals surface area contributed by atoms with Gasteiger partial charge in [-0.1, -0.05) is 39.8 Å². The Balaban J connectivity index is 2.19. The van der Waals surface area contributed by atoms with Crippen LogP contribution in [-0.4, -0.2) is 38.9 Å². The molecule has 0 aromatic heterocycles. The van der Waals surface area contributed by atoms with E-state index in [0.29, 0.717) is 18.4 Å². The minimum absolute atomic E-state index is 0.0675. The number of Topliss-reactive ketones (excluding diaryl/α,β-unsaturated/α-hetero) is 1. The van der Waals surface area contributed by atoms with Crippen molar-refractivity contribution in [2.24, 2.45) is 22.2 Å². The van der Waals surface area contributed by atoms with Crippen molar-refractivity contribution in [2.75, 3.05) is 0 Å². The van der Waals surface area contributed by atoms with Gasteiger partial charge in [0.1, 0.15) is 5.60 Å². The summed E-state index contributed by atoms with van der Waals surface area (Å²) in [4.78, 5) is 12.9. The first-order valence-corrected chi connectivity index (χ1v) is 8.91. The molecule has 0 aliphatic heterocycles. The number of aliphatic hydroxyl groups is 3. The highest BCUT2D eigenvalue weighted by molar-refractivity contribution is 5.99. The van der Waals surface area contributed by atoms with Crippen LogP contribution in [0, 0.1) is 22.2 Å². The van der Waals surface area contributed by atoms with Crippen molar-refractivity contribution in [2.45, 2.75) is 71.2 Å². The Morgan fingerprint density at radius 3 is 2.38 bits per heavy atom. The van der Waals surface area contributed by atoms with E-state index in [4.69, 9.17) is 0 Å². The third kappa shape index (κ3) is 2.00. The summed E-state index contributed by atoms with van der Waals surface area (Å²) in [5.74, 6) is -0.339. The number of carbonyl (C=O) groups excluding carboxylic acids is 1. The van der Waals surface area contributed by atoms with Gasteiger partial charge in [0.25, 0.3) is 0 Å². The second-order valence-electron chi connectivity index (χ2n) is 9.18. The molecule has 0 aromatic carbocycles. The van der Waals surface area contributed by atoms with Gasteiger partial charge in [-0.3, -0.25) is 4.79 Å². The molecule has 4 nitrogen and oxygen atoms in total. The van der Waals surface area contributed by atoms with E-state index in [2.05, 4.69) is 6.58 Å². The first-order valence-electron chi connectivity index (χ1n) is 8.91. The van der Waals surface area contributed by atoms with Gasteiger partial charge in [0.2, 0.25) is 0 Å². The maximum Gasteiger partial charge on any atom is 0.161 e. The van der Waals surface area contributed by atoms with Gasteiger partial charge in [0.15, 0.2) is 5.78 Å². The molecule has 3 N–H and O–H groups in total. The molecule has 3 aliphatic rings. The number of aliphatic hydroxyl groups excluding tert-OH is 2. The molecule has 0 amide bonds. The van der Waals surface area contributed by atoms with Crippen molar-refractivity contribution in [1.82, 2.24) is 0 Å². The fraction of sp³-hybridized carbons (Fsp3) is 0.750. The summed E-state index contributed by atoms with van der Waals surface area (Å²) in [5.41, 5.74) is -2.62. The highest BCUT2D eigenvalue weighted by Gasteiger charge is 2.68. The monoisotopic (exact) mass is 334 g/mol. The molecular weight excluding hydrogens is 304 g/mol. The van der Waals surface area contributed by atoms with Gasteiger partial charge in [-0.05, 0) is 24.2 Å². The van der Waals surface area contributed by atoms with E-state index < -0.39 is 28.6 Å². The van der Waals surface area contributed by atoms with Crippen molar-refractivity contribution in [1.29, 1.82) is 0 Å². The van der Waals surface area contributed by atoms with Crippen molar-refractivity contribution >= 4 is 5.78 Å². The second-order valence-corrected chi connectivity index (χ2v) is 9.18. The van der Waals surface area contributed by atoms with E-state index >= 15 is 0 Å². The van der Waals surface area contributed by atoms with Gasteiger partial charge >= 0.3 is 0 Å². The third-order valence-corrected chi connectivity index (χ3v) is 7.61. The number of allylic oxidation sites excluding steroid dienone is 2. The topological polar surface area (TPSA) is 77.8 Å². The van der Waals surface area contributed by atoms with Crippen LogP contribution in [0.25, 0.3) is 0 Å². The predicted molar refractivity (Wildman–Crippen MR) is 92.2 cm³/mol. The smallest absolute Gasteiger partial charge is 0.161 e. The molecule has 0 spiro atoms. The van der Waals surface area contributed by atoms with E-state index in [1.807, 2.05) is 39.8 Å². The van der Waals surface area contributed by atoms with Crippen LogP contribution in [0.3, 0.4) is 0 Å². The molecule has 0 radical (unpaired) electrons. The minimum atomic E-state index is -1.35. The lowest BCUT2D eigenvalue weighted by molar-refractivity contribution is -0.237. The zero-order chi connectivity index (χ0) is 18.1. The number of hydrogen-bond acceptors (Lipinski definition) is 4. The maximum absolute atomic E-state index is 12.9. The summed E-state index contributed by atoms with van der Waals surface area (Å²) in [7, 11) is 0. The van der Waals surface area contributed by atoms with Crippen molar-refractivity contribution in [3.8, 4) is 0 Å². The molecule has 134 valence electrons. The first kappa shape index (κ1) is 17.8. The van der Waals surface area contributed by atoms with Gasteiger partial charge in [-0.2, -0.15) is 0 Å². The Labute approximate surface area is 144 Å². The average molecular weight is 334 g/mol. The number of hydrogen-bond donors (Lipinski definition) is 3. The molecule has 3 rings (SSSR count). The molecule has 3 aliphatic carbocycles. The second kappa shape index (κ2) is 5.03. The summed E-state index contributed by atoms with van der Waals surface area (Å²) >= 11 is 0. The molecule has 6 unspecified atom stereocenters. The SMILES string of the molecule is C=CC1(C)C=C2C(=O)CC3C(C)(C)C(O)CC(O)C3(C)C2(O)CC1. The molecule has 0 bridgehead atoms. The molecule has 2 fully saturated rings. The highest BCUT2D eigenvalue weighted by Crippen LogP contribution is 2.64. The maximum atomic E-state index is 12.9. The fourth-order valence-corrected chi connectivity index (χ4v) is 5.47. The van der Waals surface area contributed by atoms with E-state index in [0.717, 1.165) is 0 Å². The fourth-order valence-electron chi connectivity index (χ4n) is 5.47. The van der Waals surface area contributed by atoms with Crippen molar-refractivity contribution in [3.05, 3.63) is 24.3 Å². The summed E-state index contributed by atoms with van der Waals surface area (Å²) in [5, 5.41) is 33.0. The molecular formula is C20H30O4. The first-order chi connectivity index (χ1) is 10.9. The third-order valence-electron chi connectivity index (χ3n) is 7.61. The van der Waals surface area contributed by atoms with Gasteiger partial charge in [0.05, 0.1) is 12.2 Å².